The number of amidine groups is 1. The molecular weight excluding hydrogens is 242 g/mol. The van der Waals surface area contributed by atoms with Crippen molar-refractivity contribution in [2.24, 2.45) is 5.16 Å². The number of oxime groups is 1. The van der Waals surface area contributed by atoms with E-state index in [1.807, 2.05) is 0 Å². The van der Waals surface area contributed by atoms with E-state index in [1.54, 1.807) is 18.2 Å². The second kappa shape index (κ2) is 4.70. The molecule has 1 N–H and O–H groups in total. The Kier molecular flexibility index (Phi) is 3.09. The molecule has 8 nitrogen and oxygen atoms in total. The Morgan fingerprint density at radius 1 is 1.67 bits per heavy atom. The Balaban J connectivity index is 2.38. The second-order valence-electron chi connectivity index (χ2n) is 3.44. The van der Waals surface area contributed by atoms with Gasteiger partial charge in [-0.15, -0.1) is 0 Å². The molecule has 2 aromatic rings. The summed E-state index contributed by atoms with van der Waals surface area (Å²) in [7, 11) is 1.52. The highest BCUT2D eigenvalue weighted by atomic mass is 16.6. The topological polar surface area (TPSA) is 111 Å². The quantitative estimate of drug-likeness (QED) is 0.290. The molecule has 0 spiro atoms. The minimum absolute atomic E-state index is 0.219. The lowest BCUT2D eigenvalue weighted by molar-refractivity contribution is -0.355. The van der Waals surface area contributed by atoms with E-state index in [0.717, 1.165) is 0 Å². The Hall–Kier alpha value is -2.64. The van der Waals surface area contributed by atoms with Crippen LogP contribution in [0.25, 0.3) is 11.0 Å². The van der Waals surface area contributed by atoms with Gasteiger partial charge in [0.05, 0.1) is 7.11 Å². The summed E-state index contributed by atoms with van der Waals surface area (Å²) in [6.07, 6.45) is -0.219. The summed E-state index contributed by atoms with van der Waals surface area (Å²) in [5.41, 5.74) is 0.780. The van der Waals surface area contributed by atoms with Gasteiger partial charge in [-0.2, -0.15) is 0 Å². The van der Waals surface area contributed by atoms with Crippen molar-refractivity contribution in [1.29, 1.82) is 0 Å². The predicted octanol–water partition coefficient (Wildman–Crippen LogP) is 1.44. The maximum Gasteiger partial charge on any atom is 0.391 e. The lowest BCUT2D eigenvalue weighted by Crippen LogP contribution is -2.15. The zero-order chi connectivity index (χ0) is 13.1. The van der Waals surface area contributed by atoms with Crippen molar-refractivity contribution in [2.45, 2.75) is 6.42 Å². The summed E-state index contributed by atoms with van der Waals surface area (Å²) in [6, 6.07) is 4.98. The summed E-state index contributed by atoms with van der Waals surface area (Å²) in [6.45, 7) is 0. The average Bonchev–Trinajstić information content (AvgIpc) is 2.77. The van der Waals surface area contributed by atoms with Crippen LogP contribution in [0.5, 0.6) is 5.75 Å². The van der Waals surface area contributed by atoms with Gasteiger partial charge in [-0.05, 0) is 17.1 Å². The van der Waals surface area contributed by atoms with Crippen LogP contribution in [-0.4, -0.2) is 28.2 Å². The fourth-order valence-corrected chi connectivity index (χ4v) is 1.51. The van der Waals surface area contributed by atoms with Gasteiger partial charge in [0, 0.05) is 11.5 Å². The van der Waals surface area contributed by atoms with Crippen molar-refractivity contribution >= 4 is 16.8 Å². The number of nitro groups is 1. The molecule has 0 aliphatic heterocycles. The average molecular weight is 251 g/mol. The lowest BCUT2D eigenvalue weighted by Gasteiger charge is -1.97. The molecule has 0 amide bonds. The number of rotatable bonds is 3. The Morgan fingerprint density at radius 2 is 2.44 bits per heavy atom. The van der Waals surface area contributed by atoms with Crippen LogP contribution >= 0.6 is 0 Å². The van der Waals surface area contributed by atoms with Gasteiger partial charge in [0.2, 0.25) is 0 Å². The first-order valence-electron chi connectivity index (χ1n) is 4.93. The van der Waals surface area contributed by atoms with Crippen molar-refractivity contribution in [2.75, 3.05) is 7.11 Å². The monoisotopic (exact) mass is 251 g/mol. The molecule has 18 heavy (non-hydrogen) atoms. The maximum atomic E-state index is 10.5. The number of nitrogens with zero attached hydrogens (tertiary/aromatic N) is 3. The maximum absolute atomic E-state index is 10.5. The molecule has 2 rings (SSSR count). The van der Waals surface area contributed by atoms with E-state index in [2.05, 4.69) is 10.3 Å². The van der Waals surface area contributed by atoms with Gasteiger partial charge >= 0.3 is 5.84 Å². The van der Waals surface area contributed by atoms with E-state index in [1.165, 1.54) is 7.11 Å². The molecule has 1 aromatic heterocycles. The molecular formula is C10H9N3O5. The Morgan fingerprint density at radius 3 is 3.06 bits per heavy atom. The highest BCUT2D eigenvalue weighted by Gasteiger charge is 2.19. The van der Waals surface area contributed by atoms with Gasteiger partial charge in [0.25, 0.3) is 0 Å². The van der Waals surface area contributed by atoms with E-state index in [-0.39, 0.29) is 6.42 Å². The molecule has 0 bridgehead atoms. The van der Waals surface area contributed by atoms with E-state index in [4.69, 9.17) is 14.5 Å². The third-order valence-corrected chi connectivity index (χ3v) is 2.41. The van der Waals surface area contributed by atoms with Crippen molar-refractivity contribution < 1.29 is 19.4 Å². The van der Waals surface area contributed by atoms with Crippen LogP contribution in [-0.2, 0) is 6.42 Å². The van der Waals surface area contributed by atoms with Crippen LogP contribution in [0.3, 0.4) is 0 Å². The van der Waals surface area contributed by atoms with E-state index < -0.39 is 10.8 Å². The minimum Gasteiger partial charge on any atom is -0.497 e. The van der Waals surface area contributed by atoms with Crippen molar-refractivity contribution in [1.82, 2.24) is 5.16 Å². The molecule has 94 valence electrons. The van der Waals surface area contributed by atoms with Crippen LogP contribution in [0.1, 0.15) is 5.69 Å². The smallest absolute Gasteiger partial charge is 0.391 e. The van der Waals surface area contributed by atoms with Crippen LogP contribution in [0.2, 0.25) is 0 Å². The van der Waals surface area contributed by atoms with Crippen LogP contribution < -0.4 is 4.74 Å². The standard InChI is InChI=1S/C10H9N3O5/c1-17-6-2-3-7-8(12-18-9(7)4-6)5-10(11-14)13(15)16/h2-4,14H,5H2,1H3. The number of benzene rings is 1. The molecule has 0 aliphatic rings. The van der Waals surface area contributed by atoms with Gasteiger partial charge < -0.3 is 24.6 Å². The third-order valence-electron chi connectivity index (χ3n) is 2.41. The SMILES string of the molecule is COc1ccc2c(CC(=NO)[N+](=O)[O-])noc2c1. The van der Waals surface area contributed by atoms with Gasteiger partial charge in [0.1, 0.15) is 17.9 Å². The molecule has 1 aromatic carbocycles. The largest absolute Gasteiger partial charge is 0.497 e. The van der Waals surface area contributed by atoms with Gasteiger partial charge in [-0.25, -0.2) is 0 Å². The number of hydrogen-bond donors (Lipinski definition) is 1. The lowest BCUT2D eigenvalue weighted by atomic mass is 10.1. The molecule has 0 saturated carbocycles. The fourth-order valence-electron chi connectivity index (χ4n) is 1.51. The number of aromatic nitrogens is 1. The Bertz CT molecular complexity index is 619. The molecule has 8 heteroatoms. The molecule has 1 heterocycles. The van der Waals surface area contributed by atoms with E-state index in [9.17, 15) is 10.1 Å². The Labute approximate surface area is 101 Å². The van der Waals surface area contributed by atoms with Gasteiger partial charge in [-0.1, -0.05) is 5.16 Å². The minimum atomic E-state index is -0.774. The second-order valence-corrected chi connectivity index (χ2v) is 3.44. The molecule has 0 atom stereocenters. The first-order valence-corrected chi connectivity index (χ1v) is 4.93. The summed E-state index contributed by atoms with van der Waals surface area (Å²) in [5.74, 6) is -0.00320. The number of hydrogen-bond acceptors (Lipinski definition) is 7. The van der Waals surface area contributed by atoms with Crippen LogP contribution in [0.15, 0.2) is 27.9 Å². The van der Waals surface area contributed by atoms with Gasteiger partial charge in [0.15, 0.2) is 10.7 Å². The fraction of sp³-hybridized carbons (Fsp3) is 0.200. The van der Waals surface area contributed by atoms with Crippen molar-refractivity contribution in [3.05, 3.63) is 34.0 Å². The summed E-state index contributed by atoms with van der Waals surface area (Å²) < 4.78 is 10.0. The number of fused-ring (bicyclic) bond motifs is 1. The molecule has 0 aliphatic carbocycles. The highest BCUT2D eigenvalue weighted by Crippen LogP contribution is 2.23. The summed E-state index contributed by atoms with van der Waals surface area (Å²) in [5, 5.41) is 26.0. The summed E-state index contributed by atoms with van der Waals surface area (Å²) in [4.78, 5) is 9.76. The zero-order valence-corrected chi connectivity index (χ0v) is 9.36. The van der Waals surface area contributed by atoms with E-state index >= 15 is 0 Å². The summed E-state index contributed by atoms with van der Waals surface area (Å²) >= 11 is 0. The third kappa shape index (κ3) is 2.08. The van der Waals surface area contributed by atoms with Crippen LogP contribution in [0.4, 0.5) is 0 Å². The molecule has 0 radical (unpaired) electrons. The highest BCUT2D eigenvalue weighted by molar-refractivity contribution is 5.86. The number of methoxy groups -OCH3 is 1. The number of ether oxygens (including phenoxy) is 1. The normalized spacial score (nSPS) is 11.7. The van der Waals surface area contributed by atoms with Crippen molar-refractivity contribution in [3.8, 4) is 5.75 Å². The zero-order valence-electron chi connectivity index (χ0n) is 9.36. The molecule has 0 unspecified atom stereocenters. The first-order chi connectivity index (χ1) is 8.65. The molecule has 0 fully saturated rings. The first kappa shape index (κ1) is 11.8. The van der Waals surface area contributed by atoms with Gasteiger partial charge in [-0.3, -0.25) is 0 Å². The van der Waals surface area contributed by atoms with E-state index in [0.29, 0.717) is 22.4 Å². The predicted molar refractivity (Wildman–Crippen MR) is 60.5 cm³/mol. The van der Waals surface area contributed by atoms with Crippen LogP contribution in [0, 0.1) is 10.1 Å². The van der Waals surface area contributed by atoms with Crippen molar-refractivity contribution in [3.63, 3.8) is 0 Å². The molecule has 0 saturated heterocycles.